The molecule has 0 unspecified atom stereocenters. The first-order chi connectivity index (χ1) is 16.3. The van der Waals surface area contributed by atoms with Crippen molar-refractivity contribution in [3.63, 3.8) is 0 Å². The normalized spacial score (nSPS) is 23.4. The Morgan fingerprint density at radius 1 is 1.21 bits per heavy atom. The van der Waals surface area contributed by atoms with Crippen molar-refractivity contribution >= 4 is 23.0 Å². The molecule has 176 valence electrons. The highest BCUT2D eigenvalue weighted by Gasteiger charge is 2.61. The SMILES string of the molecule is COc1cnc2c(NC(=O)c3cn4cc(C56COC(C)(C5)C6)nc4nc3OC(C)C)cnn2c1. The molecule has 6 heterocycles. The van der Waals surface area contributed by atoms with Crippen LogP contribution in [0.5, 0.6) is 11.6 Å². The number of rotatable bonds is 6. The van der Waals surface area contributed by atoms with E-state index in [4.69, 9.17) is 19.2 Å². The number of fused-ring (bicyclic) bond motifs is 3. The van der Waals surface area contributed by atoms with Gasteiger partial charge in [0.25, 0.3) is 5.91 Å². The number of imidazole rings is 1. The molecule has 34 heavy (non-hydrogen) atoms. The fraction of sp³-hybridized carbons (Fsp3) is 0.435. The van der Waals surface area contributed by atoms with E-state index in [0.29, 0.717) is 29.5 Å². The molecule has 2 saturated heterocycles. The van der Waals surface area contributed by atoms with Crippen molar-refractivity contribution in [3.8, 4) is 11.6 Å². The van der Waals surface area contributed by atoms with Gasteiger partial charge in [-0.3, -0.25) is 9.20 Å². The van der Waals surface area contributed by atoms with Crippen molar-refractivity contribution in [1.29, 1.82) is 0 Å². The van der Waals surface area contributed by atoms with Crippen molar-refractivity contribution in [2.45, 2.75) is 50.7 Å². The van der Waals surface area contributed by atoms with Crippen molar-refractivity contribution in [1.82, 2.24) is 29.0 Å². The van der Waals surface area contributed by atoms with Gasteiger partial charge in [0.15, 0.2) is 11.4 Å². The summed E-state index contributed by atoms with van der Waals surface area (Å²) >= 11 is 0. The van der Waals surface area contributed by atoms with Crippen molar-refractivity contribution in [3.05, 3.63) is 42.2 Å². The second kappa shape index (κ2) is 7.13. The molecule has 7 rings (SSSR count). The van der Waals surface area contributed by atoms with Crippen LogP contribution in [0, 0.1) is 0 Å². The van der Waals surface area contributed by atoms with Crippen LogP contribution >= 0.6 is 0 Å². The minimum atomic E-state index is -0.383. The highest BCUT2D eigenvalue weighted by molar-refractivity contribution is 6.07. The lowest BCUT2D eigenvalue weighted by molar-refractivity contribution is 0.0154. The molecule has 0 spiro atoms. The predicted molar refractivity (Wildman–Crippen MR) is 122 cm³/mol. The Morgan fingerprint density at radius 3 is 2.74 bits per heavy atom. The quantitative estimate of drug-likeness (QED) is 0.464. The third kappa shape index (κ3) is 3.18. The van der Waals surface area contributed by atoms with Crippen LogP contribution in [0.4, 0.5) is 5.69 Å². The van der Waals surface area contributed by atoms with Crippen LogP contribution in [-0.2, 0) is 10.2 Å². The van der Waals surface area contributed by atoms with E-state index in [0.717, 1.165) is 18.5 Å². The van der Waals surface area contributed by atoms with Crippen molar-refractivity contribution < 1.29 is 19.0 Å². The number of hydrogen-bond acceptors (Lipinski definition) is 8. The molecule has 0 radical (unpaired) electrons. The van der Waals surface area contributed by atoms with Gasteiger partial charge < -0.3 is 19.5 Å². The number of methoxy groups -OCH3 is 1. The highest BCUT2D eigenvalue weighted by atomic mass is 16.5. The van der Waals surface area contributed by atoms with Crippen LogP contribution < -0.4 is 14.8 Å². The second-order valence-corrected chi connectivity index (χ2v) is 9.61. The first-order valence-electron chi connectivity index (χ1n) is 11.2. The summed E-state index contributed by atoms with van der Waals surface area (Å²) in [5.41, 5.74) is 2.05. The standard InChI is InChI=1S/C23H25N7O4/c1-13(2)34-20-15(19(31)26-16-6-25-30-7-14(32-4)5-24-18(16)30)8-29-9-17(27-21(29)28-20)23-10-22(3,11-23)33-12-23/h5-9,13H,10-12H2,1-4H3,(H,26,31). The summed E-state index contributed by atoms with van der Waals surface area (Å²) in [7, 11) is 1.55. The van der Waals surface area contributed by atoms with Crippen LogP contribution in [0.3, 0.4) is 0 Å². The van der Waals surface area contributed by atoms with E-state index >= 15 is 0 Å². The maximum Gasteiger partial charge on any atom is 0.262 e. The van der Waals surface area contributed by atoms with E-state index in [-0.39, 0.29) is 34.5 Å². The Kier molecular flexibility index (Phi) is 4.37. The smallest absolute Gasteiger partial charge is 0.262 e. The summed E-state index contributed by atoms with van der Waals surface area (Å²) in [6, 6.07) is 0. The maximum atomic E-state index is 13.3. The highest BCUT2D eigenvalue weighted by Crippen LogP contribution is 2.58. The lowest BCUT2D eigenvalue weighted by Crippen LogP contribution is -2.45. The van der Waals surface area contributed by atoms with Gasteiger partial charge in [-0.15, -0.1) is 0 Å². The maximum absolute atomic E-state index is 13.3. The Morgan fingerprint density at radius 2 is 2.03 bits per heavy atom. The summed E-state index contributed by atoms with van der Waals surface area (Å²) in [5.74, 6) is 0.890. The molecule has 2 aliphatic heterocycles. The zero-order valence-corrected chi connectivity index (χ0v) is 19.4. The summed E-state index contributed by atoms with van der Waals surface area (Å²) < 4.78 is 20.3. The number of anilines is 1. The number of ether oxygens (including phenoxy) is 3. The van der Waals surface area contributed by atoms with E-state index in [1.165, 1.54) is 6.20 Å². The van der Waals surface area contributed by atoms with Crippen LogP contribution in [0.2, 0.25) is 0 Å². The van der Waals surface area contributed by atoms with Crippen LogP contribution in [0.25, 0.3) is 11.4 Å². The summed E-state index contributed by atoms with van der Waals surface area (Å²) in [5, 5.41) is 7.13. The molecular formula is C23H25N7O4. The largest absolute Gasteiger partial charge is 0.494 e. The average molecular weight is 463 g/mol. The molecular weight excluding hydrogens is 438 g/mol. The topological polar surface area (TPSA) is 117 Å². The molecule has 1 N–H and O–H groups in total. The zero-order chi connectivity index (χ0) is 23.7. The molecule has 1 aliphatic carbocycles. The van der Waals surface area contributed by atoms with Crippen molar-refractivity contribution in [2.75, 3.05) is 19.0 Å². The van der Waals surface area contributed by atoms with Gasteiger partial charge in [0, 0.05) is 17.8 Å². The van der Waals surface area contributed by atoms with Crippen LogP contribution in [0.1, 0.15) is 49.7 Å². The fourth-order valence-electron chi connectivity index (χ4n) is 5.02. The molecule has 0 aromatic carbocycles. The van der Waals surface area contributed by atoms with E-state index in [2.05, 4.69) is 27.3 Å². The molecule has 1 saturated carbocycles. The summed E-state index contributed by atoms with van der Waals surface area (Å²) in [6.45, 7) is 6.56. The third-order valence-corrected chi connectivity index (χ3v) is 6.49. The second-order valence-electron chi connectivity index (χ2n) is 9.61. The molecule has 11 heteroatoms. The van der Waals surface area contributed by atoms with E-state index in [9.17, 15) is 4.79 Å². The summed E-state index contributed by atoms with van der Waals surface area (Å²) in [4.78, 5) is 27.0. The monoisotopic (exact) mass is 463 g/mol. The van der Waals surface area contributed by atoms with E-state index < -0.39 is 0 Å². The molecule has 11 nitrogen and oxygen atoms in total. The number of amides is 1. The number of carbonyl (C=O) groups is 1. The van der Waals surface area contributed by atoms with Gasteiger partial charge in [-0.25, -0.2) is 14.5 Å². The first-order valence-corrected chi connectivity index (χ1v) is 11.2. The Hall–Kier alpha value is -3.73. The average Bonchev–Trinajstić information content (AvgIpc) is 3.53. The van der Waals surface area contributed by atoms with Crippen LogP contribution in [0.15, 0.2) is 31.0 Å². The third-order valence-electron chi connectivity index (χ3n) is 6.49. The van der Waals surface area contributed by atoms with E-state index in [1.54, 1.807) is 34.6 Å². The minimum absolute atomic E-state index is 0.0490. The minimum Gasteiger partial charge on any atom is -0.494 e. The molecule has 4 aromatic rings. The van der Waals surface area contributed by atoms with Gasteiger partial charge in [0.05, 0.1) is 49.7 Å². The van der Waals surface area contributed by atoms with Crippen molar-refractivity contribution in [2.24, 2.45) is 0 Å². The molecule has 4 aromatic heterocycles. The van der Waals surface area contributed by atoms with Gasteiger partial charge in [0.1, 0.15) is 11.3 Å². The van der Waals surface area contributed by atoms with Gasteiger partial charge in [-0.2, -0.15) is 10.1 Å². The van der Waals surface area contributed by atoms with E-state index in [1.807, 2.05) is 20.0 Å². The van der Waals surface area contributed by atoms with Gasteiger partial charge in [-0.05, 0) is 33.6 Å². The lowest BCUT2D eigenvalue weighted by Gasteiger charge is -2.41. The predicted octanol–water partition coefficient (Wildman–Crippen LogP) is 2.64. The molecule has 3 fully saturated rings. The Bertz CT molecular complexity index is 1430. The Balaban J connectivity index is 1.36. The Labute approximate surface area is 195 Å². The fourth-order valence-corrected chi connectivity index (χ4v) is 5.02. The van der Waals surface area contributed by atoms with Gasteiger partial charge in [0.2, 0.25) is 11.7 Å². The lowest BCUT2D eigenvalue weighted by atomic mass is 9.62. The molecule has 0 atom stereocenters. The van der Waals surface area contributed by atoms with Crippen LogP contribution in [-0.4, -0.2) is 60.3 Å². The van der Waals surface area contributed by atoms with Gasteiger partial charge >= 0.3 is 0 Å². The van der Waals surface area contributed by atoms with Gasteiger partial charge in [-0.1, -0.05) is 0 Å². The number of aromatic nitrogens is 6. The number of nitrogens with zero attached hydrogens (tertiary/aromatic N) is 6. The molecule has 1 amide bonds. The number of nitrogens with one attached hydrogen (secondary N) is 1. The summed E-state index contributed by atoms with van der Waals surface area (Å²) in [6.07, 6.45) is 10.2. The zero-order valence-electron chi connectivity index (χ0n) is 19.4. The molecule has 3 aliphatic rings. The molecule has 2 bridgehead atoms. The number of hydrogen-bond donors (Lipinski definition) is 1. The number of carbonyl (C=O) groups excluding carboxylic acids is 1. The first kappa shape index (κ1) is 20.8.